The number of imide groups is 1. The van der Waals surface area contributed by atoms with E-state index in [1.807, 2.05) is 0 Å². The van der Waals surface area contributed by atoms with E-state index in [2.05, 4.69) is 0 Å². The summed E-state index contributed by atoms with van der Waals surface area (Å²) in [6, 6.07) is 0. The van der Waals surface area contributed by atoms with Gasteiger partial charge in [0.05, 0.1) is 0 Å². The minimum Gasteiger partial charge on any atom is -0.479 e. The Balaban J connectivity index is 1.89. The molecule has 0 aromatic rings. The van der Waals surface area contributed by atoms with Gasteiger partial charge in [0.2, 0.25) is 11.8 Å². The number of amides is 2. The molecule has 3 fully saturated rings. The van der Waals surface area contributed by atoms with Crippen LogP contribution in [0.3, 0.4) is 0 Å². The molecule has 1 aliphatic heterocycles. The molecule has 5 nitrogen and oxygen atoms in total. The van der Waals surface area contributed by atoms with Gasteiger partial charge >= 0.3 is 5.97 Å². The Labute approximate surface area is 118 Å². The summed E-state index contributed by atoms with van der Waals surface area (Å²) < 4.78 is 0. The van der Waals surface area contributed by atoms with Crippen molar-refractivity contribution in [1.29, 1.82) is 0 Å². The topological polar surface area (TPSA) is 74.7 Å². The van der Waals surface area contributed by atoms with Gasteiger partial charge in [0, 0.05) is 12.8 Å². The van der Waals surface area contributed by atoms with Crippen LogP contribution in [0.4, 0.5) is 0 Å². The molecule has 5 heteroatoms. The number of hydrogen-bond acceptors (Lipinski definition) is 3. The van der Waals surface area contributed by atoms with Crippen LogP contribution in [0.1, 0.15) is 64.2 Å². The zero-order chi connectivity index (χ0) is 14.4. The summed E-state index contributed by atoms with van der Waals surface area (Å²) >= 11 is 0. The van der Waals surface area contributed by atoms with Crippen LogP contribution in [0.5, 0.6) is 0 Å². The van der Waals surface area contributed by atoms with Crippen LogP contribution < -0.4 is 0 Å². The quantitative estimate of drug-likeness (QED) is 0.785. The van der Waals surface area contributed by atoms with Crippen LogP contribution in [0, 0.1) is 5.41 Å². The van der Waals surface area contributed by atoms with E-state index in [1.54, 1.807) is 0 Å². The first-order valence-corrected chi connectivity index (χ1v) is 7.59. The summed E-state index contributed by atoms with van der Waals surface area (Å²) in [4.78, 5) is 37.8. The Kier molecular flexibility index (Phi) is 3.10. The molecule has 3 aliphatic rings. The first kappa shape index (κ1) is 13.6. The molecule has 0 aromatic heterocycles. The van der Waals surface area contributed by atoms with Gasteiger partial charge in [0.1, 0.15) is 5.54 Å². The average molecular weight is 279 g/mol. The number of hydrogen-bond donors (Lipinski definition) is 1. The summed E-state index contributed by atoms with van der Waals surface area (Å²) in [5.41, 5.74) is -1.42. The molecule has 20 heavy (non-hydrogen) atoms. The second kappa shape index (κ2) is 4.57. The predicted molar refractivity (Wildman–Crippen MR) is 70.8 cm³/mol. The van der Waals surface area contributed by atoms with E-state index in [-0.39, 0.29) is 17.2 Å². The largest absolute Gasteiger partial charge is 0.479 e. The Hall–Kier alpha value is -1.39. The molecule has 1 spiro atoms. The van der Waals surface area contributed by atoms with Crippen LogP contribution in [0.25, 0.3) is 0 Å². The van der Waals surface area contributed by atoms with E-state index in [9.17, 15) is 19.5 Å². The SMILES string of the molecule is O=C1CC2(CCCC2)CC(=O)N1C1(C(=O)O)CCCC1. The summed E-state index contributed by atoms with van der Waals surface area (Å²) in [6.07, 6.45) is 7.08. The first-order chi connectivity index (χ1) is 9.49. The first-order valence-electron chi connectivity index (χ1n) is 7.59. The van der Waals surface area contributed by atoms with E-state index >= 15 is 0 Å². The Morgan fingerprint density at radius 2 is 1.35 bits per heavy atom. The lowest BCUT2D eigenvalue weighted by atomic mass is 9.75. The maximum atomic E-state index is 12.5. The number of likely N-dealkylation sites (tertiary alicyclic amines) is 1. The predicted octanol–water partition coefficient (Wildman–Crippen LogP) is 2.09. The second-order valence-corrected chi connectivity index (χ2v) is 6.73. The molecule has 1 heterocycles. The van der Waals surface area contributed by atoms with Gasteiger partial charge in [-0.3, -0.25) is 14.5 Å². The van der Waals surface area contributed by atoms with Crippen molar-refractivity contribution < 1.29 is 19.5 Å². The molecular formula is C15H21NO4. The molecular weight excluding hydrogens is 258 g/mol. The van der Waals surface area contributed by atoms with Crippen molar-refractivity contribution in [3.05, 3.63) is 0 Å². The molecule has 2 amide bonds. The maximum absolute atomic E-state index is 12.5. The molecule has 0 radical (unpaired) electrons. The molecule has 0 atom stereocenters. The Morgan fingerprint density at radius 1 is 0.900 bits per heavy atom. The Bertz CT molecular complexity index is 438. The number of rotatable bonds is 2. The highest BCUT2D eigenvalue weighted by atomic mass is 16.4. The van der Waals surface area contributed by atoms with Gasteiger partial charge < -0.3 is 5.11 Å². The van der Waals surface area contributed by atoms with Crippen molar-refractivity contribution in [2.24, 2.45) is 5.41 Å². The minimum absolute atomic E-state index is 0.164. The molecule has 0 unspecified atom stereocenters. The lowest BCUT2D eigenvalue weighted by Crippen LogP contribution is -2.61. The van der Waals surface area contributed by atoms with Crippen molar-refractivity contribution in [3.8, 4) is 0 Å². The van der Waals surface area contributed by atoms with E-state index in [1.165, 1.54) is 0 Å². The Morgan fingerprint density at radius 3 is 1.80 bits per heavy atom. The fraction of sp³-hybridized carbons (Fsp3) is 0.800. The van der Waals surface area contributed by atoms with E-state index in [0.29, 0.717) is 25.7 Å². The zero-order valence-corrected chi connectivity index (χ0v) is 11.7. The summed E-state index contributed by atoms with van der Waals surface area (Å²) in [5, 5.41) is 9.56. The molecule has 1 N–H and O–H groups in total. The van der Waals surface area contributed by atoms with Crippen LogP contribution >= 0.6 is 0 Å². The number of piperidine rings is 1. The van der Waals surface area contributed by atoms with Gasteiger partial charge in [0.25, 0.3) is 0 Å². The van der Waals surface area contributed by atoms with E-state index < -0.39 is 11.5 Å². The minimum atomic E-state index is -1.26. The third kappa shape index (κ3) is 1.86. The summed E-state index contributed by atoms with van der Waals surface area (Å²) in [6.45, 7) is 0. The van der Waals surface area contributed by atoms with Gasteiger partial charge in [-0.2, -0.15) is 0 Å². The second-order valence-electron chi connectivity index (χ2n) is 6.73. The number of carbonyl (C=O) groups is 3. The number of aliphatic carboxylic acids is 1. The third-order valence-corrected chi connectivity index (χ3v) is 5.47. The molecule has 0 aromatic carbocycles. The standard InChI is InChI=1S/C15H21NO4/c17-11-9-14(5-1-2-6-14)10-12(18)16(11)15(13(19)20)7-3-4-8-15/h1-10H2,(H,19,20). The van der Waals surface area contributed by atoms with Crippen LogP contribution in [0.2, 0.25) is 0 Å². The van der Waals surface area contributed by atoms with Crippen LogP contribution in [-0.2, 0) is 14.4 Å². The molecule has 3 rings (SSSR count). The van der Waals surface area contributed by atoms with E-state index in [4.69, 9.17) is 0 Å². The number of carboxylic acid groups (broad SMARTS) is 1. The normalized spacial score (nSPS) is 28.3. The highest BCUT2D eigenvalue weighted by molar-refractivity contribution is 6.03. The highest BCUT2D eigenvalue weighted by Crippen LogP contribution is 2.49. The highest BCUT2D eigenvalue weighted by Gasteiger charge is 2.56. The van der Waals surface area contributed by atoms with Crippen molar-refractivity contribution in [3.63, 3.8) is 0 Å². The average Bonchev–Trinajstić information content (AvgIpc) is 2.99. The fourth-order valence-electron chi connectivity index (χ4n) is 4.45. The molecule has 2 aliphatic carbocycles. The summed E-state index contributed by atoms with van der Waals surface area (Å²) in [5.74, 6) is -1.53. The monoisotopic (exact) mass is 279 g/mol. The van der Waals surface area contributed by atoms with Crippen molar-refractivity contribution >= 4 is 17.8 Å². The molecule has 2 saturated carbocycles. The molecule has 1 saturated heterocycles. The van der Waals surface area contributed by atoms with Gasteiger partial charge in [0.15, 0.2) is 0 Å². The lowest BCUT2D eigenvalue weighted by molar-refractivity contribution is -0.172. The lowest BCUT2D eigenvalue weighted by Gasteiger charge is -2.44. The smallest absolute Gasteiger partial charge is 0.330 e. The molecule has 0 bridgehead atoms. The van der Waals surface area contributed by atoms with Crippen molar-refractivity contribution in [2.75, 3.05) is 0 Å². The third-order valence-electron chi connectivity index (χ3n) is 5.47. The van der Waals surface area contributed by atoms with E-state index in [0.717, 1.165) is 43.4 Å². The number of carbonyl (C=O) groups excluding carboxylic acids is 2. The van der Waals surface area contributed by atoms with Gasteiger partial charge in [-0.15, -0.1) is 0 Å². The van der Waals surface area contributed by atoms with Crippen molar-refractivity contribution in [2.45, 2.75) is 69.7 Å². The maximum Gasteiger partial charge on any atom is 0.330 e. The van der Waals surface area contributed by atoms with Crippen LogP contribution in [0.15, 0.2) is 0 Å². The fourth-order valence-corrected chi connectivity index (χ4v) is 4.45. The number of nitrogens with zero attached hydrogens (tertiary/aromatic N) is 1. The zero-order valence-electron chi connectivity index (χ0n) is 11.7. The van der Waals surface area contributed by atoms with Gasteiger partial charge in [-0.25, -0.2) is 4.79 Å². The number of carboxylic acids is 1. The van der Waals surface area contributed by atoms with Gasteiger partial charge in [-0.1, -0.05) is 25.7 Å². The van der Waals surface area contributed by atoms with Gasteiger partial charge in [-0.05, 0) is 31.1 Å². The summed E-state index contributed by atoms with van der Waals surface area (Å²) in [7, 11) is 0. The van der Waals surface area contributed by atoms with Crippen LogP contribution in [-0.4, -0.2) is 33.3 Å². The van der Waals surface area contributed by atoms with Crippen molar-refractivity contribution in [1.82, 2.24) is 4.90 Å². The molecule has 110 valence electrons.